The van der Waals surface area contributed by atoms with E-state index in [1.807, 2.05) is 6.07 Å². The van der Waals surface area contributed by atoms with E-state index in [0.717, 1.165) is 0 Å². The number of nitrogens with one attached hydrogen (secondary N) is 2. The second-order valence-corrected chi connectivity index (χ2v) is 6.92. The molecule has 0 spiro atoms. The van der Waals surface area contributed by atoms with E-state index in [1.165, 1.54) is 12.1 Å². The summed E-state index contributed by atoms with van der Waals surface area (Å²) in [6.45, 7) is 0. The van der Waals surface area contributed by atoms with Crippen molar-refractivity contribution < 1.29 is 9.18 Å². The Labute approximate surface area is 177 Å². The highest BCUT2D eigenvalue weighted by Gasteiger charge is 2.08. The average molecular weight is 419 g/mol. The van der Waals surface area contributed by atoms with Crippen molar-refractivity contribution in [3.8, 4) is 11.3 Å². The third kappa shape index (κ3) is 4.79. The van der Waals surface area contributed by atoms with E-state index in [-0.39, 0.29) is 11.7 Å². The van der Waals surface area contributed by atoms with Crippen LogP contribution >= 0.6 is 11.6 Å². The van der Waals surface area contributed by atoms with Crippen molar-refractivity contribution in [2.75, 3.05) is 10.6 Å². The molecule has 1 heterocycles. The normalized spacial score (nSPS) is 10.5. The van der Waals surface area contributed by atoms with Gasteiger partial charge in [-0.1, -0.05) is 35.9 Å². The van der Waals surface area contributed by atoms with Gasteiger partial charge in [0.15, 0.2) is 5.82 Å². The molecule has 0 atom stereocenters. The van der Waals surface area contributed by atoms with E-state index in [9.17, 15) is 9.18 Å². The van der Waals surface area contributed by atoms with Crippen molar-refractivity contribution >= 4 is 34.7 Å². The van der Waals surface area contributed by atoms with Gasteiger partial charge in [-0.2, -0.15) is 0 Å². The van der Waals surface area contributed by atoms with Gasteiger partial charge in [0.1, 0.15) is 5.82 Å². The summed E-state index contributed by atoms with van der Waals surface area (Å²) in [5, 5.41) is 14.7. The number of hydrogen-bond donors (Lipinski definition) is 2. The SMILES string of the molecule is O=C(Nc1cccc(Cl)c1)c1cccc(Nc2ccc(-c3cccc(F)c3)nn2)c1. The van der Waals surface area contributed by atoms with E-state index in [4.69, 9.17) is 11.6 Å². The third-order valence-electron chi connectivity index (χ3n) is 4.26. The first-order chi connectivity index (χ1) is 14.6. The van der Waals surface area contributed by atoms with Gasteiger partial charge in [-0.05, 0) is 60.7 Å². The van der Waals surface area contributed by atoms with Crippen molar-refractivity contribution in [3.63, 3.8) is 0 Å². The lowest BCUT2D eigenvalue weighted by Gasteiger charge is -2.09. The van der Waals surface area contributed by atoms with Gasteiger partial charge in [-0.15, -0.1) is 10.2 Å². The molecular formula is C23H16ClFN4O. The van der Waals surface area contributed by atoms with Crippen LogP contribution in [0.2, 0.25) is 5.02 Å². The van der Waals surface area contributed by atoms with E-state index in [0.29, 0.717) is 39.0 Å². The summed E-state index contributed by atoms with van der Waals surface area (Å²) in [6.07, 6.45) is 0. The van der Waals surface area contributed by atoms with E-state index in [1.54, 1.807) is 66.7 Å². The minimum atomic E-state index is -0.329. The van der Waals surface area contributed by atoms with Gasteiger partial charge >= 0.3 is 0 Å². The Morgan fingerprint density at radius 3 is 2.40 bits per heavy atom. The number of aromatic nitrogens is 2. The zero-order chi connectivity index (χ0) is 20.9. The fourth-order valence-corrected chi connectivity index (χ4v) is 3.05. The Morgan fingerprint density at radius 1 is 0.833 bits per heavy atom. The fraction of sp³-hybridized carbons (Fsp3) is 0. The summed E-state index contributed by atoms with van der Waals surface area (Å²) < 4.78 is 13.4. The van der Waals surface area contributed by atoms with Gasteiger partial charge in [0.05, 0.1) is 5.69 Å². The monoisotopic (exact) mass is 418 g/mol. The second-order valence-electron chi connectivity index (χ2n) is 6.48. The van der Waals surface area contributed by atoms with Gasteiger partial charge < -0.3 is 10.6 Å². The van der Waals surface area contributed by atoms with Gasteiger partial charge in [-0.25, -0.2) is 4.39 Å². The molecule has 2 N–H and O–H groups in total. The second kappa shape index (κ2) is 8.71. The standard InChI is InChI=1S/C23H16ClFN4O/c24-17-6-3-9-20(14-17)27-23(30)16-5-2-8-19(13-16)26-22-11-10-21(28-29-22)15-4-1-7-18(25)12-15/h1-14H,(H,26,29)(H,27,30). The Morgan fingerprint density at radius 2 is 1.63 bits per heavy atom. The Hall–Kier alpha value is -3.77. The number of carbonyl (C=O) groups excluding carboxylic acids is 1. The maximum Gasteiger partial charge on any atom is 0.255 e. The van der Waals surface area contributed by atoms with Crippen LogP contribution in [-0.2, 0) is 0 Å². The highest BCUT2D eigenvalue weighted by molar-refractivity contribution is 6.31. The molecule has 0 aliphatic carbocycles. The molecule has 0 fully saturated rings. The maximum atomic E-state index is 13.4. The van der Waals surface area contributed by atoms with E-state index in [2.05, 4.69) is 20.8 Å². The van der Waals surface area contributed by atoms with Gasteiger partial charge in [0, 0.05) is 27.5 Å². The predicted molar refractivity (Wildman–Crippen MR) is 117 cm³/mol. The summed E-state index contributed by atoms with van der Waals surface area (Å²) in [5.41, 5.74) is 2.99. The van der Waals surface area contributed by atoms with Crippen molar-refractivity contribution in [3.05, 3.63) is 101 Å². The van der Waals surface area contributed by atoms with Crippen LogP contribution < -0.4 is 10.6 Å². The smallest absolute Gasteiger partial charge is 0.255 e. The lowest BCUT2D eigenvalue weighted by atomic mass is 10.1. The van der Waals surface area contributed by atoms with Crippen LogP contribution in [0.15, 0.2) is 84.9 Å². The summed E-state index contributed by atoms with van der Waals surface area (Å²) >= 11 is 5.95. The van der Waals surface area contributed by atoms with Crippen LogP contribution in [-0.4, -0.2) is 16.1 Å². The Kier molecular flexibility index (Phi) is 5.68. The quantitative estimate of drug-likeness (QED) is 0.421. The van der Waals surface area contributed by atoms with E-state index >= 15 is 0 Å². The zero-order valence-corrected chi connectivity index (χ0v) is 16.4. The lowest BCUT2D eigenvalue weighted by molar-refractivity contribution is 0.102. The number of anilines is 3. The van der Waals surface area contributed by atoms with Crippen LogP contribution in [0, 0.1) is 5.82 Å². The lowest BCUT2D eigenvalue weighted by Crippen LogP contribution is -2.12. The molecule has 1 amide bonds. The topological polar surface area (TPSA) is 66.9 Å². The van der Waals surface area contributed by atoms with Crippen molar-refractivity contribution in [1.29, 1.82) is 0 Å². The highest BCUT2D eigenvalue weighted by Crippen LogP contribution is 2.21. The summed E-state index contributed by atoms with van der Waals surface area (Å²) in [5.74, 6) is -0.0830. The minimum Gasteiger partial charge on any atom is -0.339 e. The number of halogens is 2. The Balaban J connectivity index is 1.47. The van der Waals surface area contributed by atoms with Crippen LogP contribution in [0.25, 0.3) is 11.3 Å². The number of hydrogen-bond acceptors (Lipinski definition) is 4. The third-order valence-corrected chi connectivity index (χ3v) is 4.50. The maximum absolute atomic E-state index is 13.4. The molecule has 5 nitrogen and oxygen atoms in total. The highest BCUT2D eigenvalue weighted by atomic mass is 35.5. The largest absolute Gasteiger partial charge is 0.339 e. The molecule has 0 radical (unpaired) electrons. The Bertz CT molecular complexity index is 1200. The minimum absolute atomic E-state index is 0.256. The van der Waals surface area contributed by atoms with Gasteiger partial charge in [0.25, 0.3) is 5.91 Å². The molecule has 7 heteroatoms. The molecule has 4 aromatic rings. The average Bonchev–Trinajstić information content (AvgIpc) is 2.74. The molecule has 0 aliphatic heterocycles. The molecule has 0 bridgehead atoms. The zero-order valence-electron chi connectivity index (χ0n) is 15.6. The van der Waals surface area contributed by atoms with Crippen LogP contribution in [0.3, 0.4) is 0 Å². The van der Waals surface area contributed by atoms with Gasteiger partial charge in [0.2, 0.25) is 0 Å². The molecule has 0 aliphatic rings. The summed E-state index contributed by atoms with van der Waals surface area (Å²) in [4.78, 5) is 12.5. The molecule has 30 heavy (non-hydrogen) atoms. The number of amides is 1. The van der Waals surface area contributed by atoms with Crippen LogP contribution in [0.4, 0.5) is 21.6 Å². The first-order valence-electron chi connectivity index (χ1n) is 9.10. The summed E-state index contributed by atoms with van der Waals surface area (Å²) in [6, 6.07) is 23.6. The molecule has 0 unspecified atom stereocenters. The van der Waals surface area contributed by atoms with Crippen molar-refractivity contribution in [1.82, 2.24) is 10.2 Å². The summed E-state index contributed by atoms with van der Waals surface area (Å²) in [7, 11) is 0. The predicted octanol–water partition coefficient (Wildman–Crippen LogP) is 5.93. The fourth-order valence-electron chi connectivity index (χ4n) is 2.86. The van der Waals surface area contributed by atoms with Crippen molar-refractivity contribution in [2.24, 2.45) is 0 Å². The van der Waals surface area contributed by atoms with Crippen molar-refractivity contribution in [2.45, 2.75) is 0 Å². The number of rotatable bonds is 5. The molecule has 0 saturated heterocycles. The van der Waals surface area contributed by atoms with Crippen LogP contribution in [0.5, 0.6) is 0 Å². The molecule has 0 saturated carbocycles. The molecule has 148 valence electrons. The first-order valence-corrected chi connectivity index (χ1v) is 9.48. The van der Waals surface area contributed by atoms with E-state index < -0.39 is 0 Å². The number of nitrogens with zero attached hydrogens (tertiary/aromatic N) is 2. The van der Waals surface area contributed by atoms with Gasteiger partial charge in [-0.3, -0.25) is 4.79 Å². The molecule has 1 aromatic heterocycles. The number of benzene rings is 3. The molecule has 4 rings (SSSR count). The van der Waals surface area contributed by atoms with Crippen LogP contribution in [0.1, 0.15) is 10.4 Å². The first kappa shape index (κ1) is 19.5. The molecule has 3 aromatic carbocycles. The molecular weight excluding hydrogens is 403 g/mol. The number of carbonyl (C=O) groups is 1.